The molecule has 8 unspecified atom stereocenters. The van der Waals surface area contributed by atoms with E-state index in [0.29, 0.717) is 24.0 Å². The van der Waals surface area contributed by atoms with E-state index >= 15 is 0 Å². The van der Waals surface area contributed by atoms with Crippen LogP contribution in [-0.2, 0) is 14.4 Å². The van der Waals surface area contributed by atoms with Gasteiger partial charge in [0.2, 0.25) is 17.7 Å². The molecule has 3 heterocycles. The minimum atomic E-state index is -4.64. The SMILES string of the molecule is CCC(C1C(C)C1C(=O)N[C@@H]1C[C@H](C(F)(F)F)Oc2ccccc21)C1(C(CC)C2C(C)C2C(=O)N[C@@H]2C[C@H](C(F)(F)F)Oc3ccccc32)CC(=O)NC(N)=N1. The number of alkyl halides is 6. The fraction of sp³-hybridized carbons (Fsp3) is 0.600. The van der Waals surface area contributed by atoms with E-state index in [1.54, 1.807) is 36.4 Å². The van der Waals surface area contributed by atoms with Crippen molar-refractivity contribution in [2.45, 2.75) is 102 Å². The second-order valence-corrected chi connectivity index (χ2v) is 16.1. The van der Waals surface area contributed by atoms with Crippen LogP contribution in [0.1, 0.15) is 83.0 Å². The molecule has 2 fully saturated rings. The summed E-state index contributed by atoms with van der Waals surface area (Å²) in [6, 6.07) is 10.7. The zero-order valence-corrected chi connectivity index (χ0v) is 31.4. The Morgan fingerprint density at radius 1 is 0.804 bits per heavy atom. The van der Waals surface area contributed by atoms with E-state index < -0.39 is 78.7 Å². The molecule has 10 nitrogen and oxygen atoms in total. The number of hydrogen-bond acceptors (Lipinski definition) is 7. The Balaban J connectivity index is 1.13. The van der Waals surface area contributed by atoms with E-state index in [1.165, 1.54) is 12.1 Å². The molecule has 2 saturated carbocycles. The fourth-order valence-electron chi connectivity index (χ4n) is 10.5. The van der Waals surface area contributed by atoms with E-state index in [0.717, 1.165) is 0 Å². The number of fused-ring (bicyclic) bond motifs is 2. The Morgan fingerprint density at radius 2 is 1.21 bits per heavy atom. The first kappa shape index (κ1) is 39.7. The number of guanidine groups is 1. The second-order valence-electron chi connectivity index (χ2n) is 16.1. The molecule has 2 aromatic carbocycles. The minimum Gasteiger partial charge on any atom is -0.480 e. The van der Waals surface area contributed by atoms with Crippen LogP contribution in [0.15, 0.2) is 53.5 Å². The number of aliphatic imine (C=N–C) groups is 1. The molecule has 3 aliphatic heterocycles. The maximum absolute atomic E-state index is 14.0. The van der Waals surface area contributed by atoms with Crippen LogP contribution in [-0.4, -0.2) is 53.8 Å². The molecule has 0 saturated heterocycles. The number of nitrogens with one attached hydrogen (secondary N) is 3. The molecule has 2 aromatic rings. The summed E-state index contributed by atoms with van der Waals surface area (Å²) in [5.74, 6) is -4.19. The summed E-state index contributed by atoms with van der Waals surface area (Å²) >= 11 is 0. The maximum Gasteiger partial charge on any atom is 0.425 e. The normalized spacial score (nSPS) is 34.5. The molecule has 7 rings (SSSR count). The predicted octanol–water partition coefficient (Wildman–Crippen LogP) is 6.52. The van der Waals surface area contributed by atoms with Crippen molar-refractivity contribution in [3.05, 3.63) is 59.7 Å². The largest absolute Gasteiger partial charge is 0.480 e. The van der Waals surface area contributed by atoms with Gasteiger partial charge in [-0.15, -0.1) is 0 Å². The molecule has 56 heavy (non-hydrogen) atoms. The lowest BCUT2D eigenvalue weighted by molar-refractivity contribution is -0.202. The van der Waals surface area contributed by atoms with E-state index in [2.05, 4.69) is 16.0 Å². The van der Waals surface area contributed by atoms with Crippen LogP contribution in [0.25, 0.3) is 0 Å². The number of benzene rings is 2. The van der Waals surface area contributed by atoms with E-state index in [4.69, 9.17) is 20.2 Å². The summed E-state index contributed by atoms with van der Waals surface area (Å²) in [6.07, 6.45) is -13.6. The molecule has 5 N–H and O–H groups in total. The molecule has 0 spiro atoms. The molecule has 0 radical (unpaired) electrons. The van der Waals surface area contributed by atoms with Crippen molar-refractivity contribution in [2.24, 2.45) is 58.1 Å². The van der Waals surface area contributed by atoms with Gasteiger partial charge in [-0.3, -0.25) is 19.7 Å². The molecular formula is C40H47F6N5O5. The predicted molar refractivity (Wildman–Crippen MR) is 192 cm³/mol. The zero-order valence-electron chi connectivity index (χ0n) is 31.4. The number of halogens is 6. The van der Waals surface area contributed by atoms with Crippen LogP contribution in [0.3, 0.4) is 0 Å². The first-order valence-electron chi connectivity index (χ1n) is 19.3. The van der Waals surface area contributed by atoms with Crippen molar-refractivity contribution in [1.29, 1.82) is 0 Å². The molecule has 0 bridgehead atoms. The first-order valence-corrected chi connectivity index (χ1v) is 19.3. The highest BCUT2D eigenvalue weighted by molar-refractivity contribution is 5.99. The lowest BCUT2D eigenvalue weighted by atomic mass is 9.64. The summed E-state index contributed by atoms with van der Waals surface area (Å²) in [7, 11) is 0. The standard InChI is InChI=1S/C40H47F6N5O5/c1-5-22(31-18(3)33(31)35(53)48-24-15-28(39(41,42)43)55-26-13-9-7-11-20(24)26)38(17-30(52)50-37(47)51-38)23(6-2)32-19(4)34(32)36(54)49-25-16-29(40(44,45)46)56-27-14-10-8-12-21(25)27/h7-14,18-19,22-25,28-29,31-34H,5-6,15-17H2,1-4H3,(H,48,53)(H,49,54)(H3,47,50,51,52)/t18?,19?,22?,23?,24-,25-,28-,29-,31?,32?,33?,34?,38?/m1/s1. The molecule has 304 valence electrons. The van der Waals surface area contributed by atoms with Gasteiger partial charge in [0.15, 0.2) is 18.2 Å². The highest BCUT2D eigenvalue weighted by atomic mass is 19.4. The number of carbonyl (C=O) groups is 3. The van der Waals surface area contributed by atoms with Crippen molar-refractivity contribution in [1.82, 2.24) is 16.0 Å². The van der Waals surface area contributed by atoms with Gasteiger partial charge in [-0.25, -0.2) is 4.99 Å². The molecular weight excluding hydrogens is 744 g/mol. The number of ether oxygens (including phenoxy) is 2. The smallest absolute Gasteiger partial charge is 0.425 e. The zero-order chi connectivity index (χ0) is 40.5. The Hall–Kier alpha value is -4.50. The van der Waals surface area contributed by atoms with Crippen LogP contribution in [0.2, 0.25) is 0 Å². The highest BCUT2D eigenvalue weighted by Crippen LogP contribution is 2.64. The Morgan fingerprint density at radius 3 is 1.59 bits per heavy atom. The van der Waals surface area contributed by atoms with Gasteiger partial charge >= 0.3 is 12.4 Å². The summed E-state index contributed by atoms with van der Waals surface area (Å²) < 4.78 is 93.7. The van der Waals surface area contributed by atoms with Crippen LogP contribution in [0.4, 0.5) is 26.3 Å². The number of hydrogen-bond donors (Lipinski definition) is 4. The lowest BCUT2D eigenvalue weighted by Gasteiger charge is -2.46. The van der Waals surface area contributed by atoms with Crippen molar-refractivity contribution in [3.63, 3.8) is 0 Å². The topological polar surface area (TPSA) is 144 Å². The van der Waals surface area contributed by atoms with Crippen molar-refractivity contribution in [3.8, 4) is 11.5 Å². The molecule has 3 amide bonds. The molecule has 5 aliphatic rings. The highest BCUT2D eigenvalue weighted by Gasteiger charge is 2.67. The van der Waals surface area contributed by atoms with E-state index in [-0.39, 0.29) is 65.3 Å². The van der Waals surface area contributed by atoms with Crippen LogP contribution in [0, 0.1) is 47.3 Å². The average molecular weight is 792 g/mol. The maximum atomic E-state index is 14.0. The summed E-state index contributed by atoms with van der Waals surface area (Å²) in [6.45, 7) is 7.66. The minimum absolute atomic E-state index is 0.0549. The van der Waals surface area contributed by atoms with Crippen molar-refractivity contribution < 1.29 is 50.2 Å². The van der Waals surface area contributed by atoms with Crippen LogP contribution in [0.5, 0.6) is 11.5 Å². The Kier molecular flexibility index (Phi) is 10.3. The van der Waals surface area contributed by atoms with Crippen LogP contribution >= 0.6 is 0 Å². The Bertz CT molecular complexity index is 1770. The number of nitrogens with two attached hydrogens (primary N) is 1. The second kappa shape index (κ2) is 14.5. The molecule has 0 aromatic heterocycles. The van der Waals surface area contributed by atoms with Gasteiger partial charge in [0.05, 0.1) is 24.0 Å². The number of rotatable bonds is 10. The monoisotopic (exact) mass is 791 g/mol. The average Bonchev–Trinajstić information content (AvgIpc) is 4.00. The quantitative estimate of drug-likeness (QED) is 0.202. The fourth-order valence-corrected chi connectivity index (χ4v) is 10.5. The molecule has 16 heteroatoms. The van der Waals surface area contributed by atoms with Crippen molar-refractivity contribution in [2.75, 3.05) is 0 Å². The summed E-state index contributed by atoms with van der Waals surface area (Å²) in [5, 5.41) is 8.36. The lowest BCUT2D eigenvalue weighted by Crippen LogP contribution is -2.56. The number of amides is 3. The number of para-hydroxylation sites is 2. The van der Waals surface area contributed by atoms with Gasteiger partial charge in [-0.2, -0.15) is 26.3 Å². The summed E-state index contributed by atoms with van der Waals surface area (Å²) in [5.41, 5.74) is 6.03. The van der Waals surface area contributed by atoms with Gasteiger partial charge in [0, 0.05) is 35.8 Å². The van der Waals surface area contributed by atoms with E-state index in [9.17, 15) is 40.7 Å². The van der Waals surface area contributed by atoms with Gasteiger partial charge in [-0.1, -0.05) is 76.9 Å². The number of carbonyl (C=O) groups excluding carboxylic acids is 3. The van der Waals surface area contributed by atoms with Gasteiger partial charge in [-0.05, 0) is 47.6 Å². The Labute approximate surface area is 320 Å². The third kappa shape index (κ3) is 7.16. The van der Waals surface area contributed by atoms with Gasteiger partial charge in [0.1, 0.15) is 11.5 Å². The van der Waals surface area contributed by atoms with Gasteiger partial charge < -0.3 is 25.8 Å². The third-order valence-corrected chi connectivity index (χ3v) is 13.0. The van der Waals surface area contributed by atoms with Crippen molar-refractivity contribution >= 4 is 23.7 Å². The first-order chi connectivity index (χ1) is 26.4. The van der Waals surface area contributed by atoms with Crippen LogP contribution < -0.4 is 31.2 Å². The van der Waals surface area contributed by atoms with E-state index in [1.807, 2.05) is 27.7 Å². The third-order valence-electron chi connectivity index (χ3n) is 13.0. The summed E-state index contributed by atoms with van der Waals surface area (Å²) in [4.78, 5) is 46.4. The molecule has 2 aliphatic carbocycles. The van der Waals surface area contributed by atoms with Gasteiger partial charge in [0.25, 0.3) is 0 Å². The number of nitrogens with zero attached hydrogens (tertiary/aromatic N) is 1. The molecule has 12 atom stereocenters.